The molecule has 0 saturated carbocycles. The van der Waals surface area contributed by atoms with E-state index < -0.39 is 18.8 Å². The minimum atomic E-state index is -2.98. The first-order valence-electron chi connectivity index (χ1n) is 5.63. The van der Waals surface area contributed by atoms with Gasteiger partial charge in [-0.25, -0.2) is 0 Å². The summed E-state index contributed by atoms with van der Waals surface area (Å²) in [6, 6.07) is 0. The number of hydrogen-bond donors (Lipinski definition) is 0. The van der Waals surface area contributed by atoms with E-state index >= 15 is 0 Å². The van der Waals surface area contributed by atoms with Crippen molar-refractivity contribution in [2.75, 3.05) is 6.16 Å². The van der Waals surface area contributed by atoms with Crippen molar-refractivity contribution in [2.45, 2.75) is 59.7 Å². The molecule has 0 aromatic carbocycles. The van der Waals surface area contributed by atoms with Gasteiger partial charge >= 0.3 is 7.60 Å². The van der Waals surface area contributed by atoms with E-state index in [9.17, 15) is 4.57 Å². The molecule has 0 unspecified atom stereocenters. The first-order chi connectivity index (χ1) is 6.99. The summed E-state index contributed by atoms with van der Waals surface area (Å²) in [5, 5.41) is 0. The van der Waals surface area contributed by atoms with E-state index in [0.29, 0.717) is 6.16 Å². The summed E-state index contributed by atoms with van der Waals surface area (Å²) < 4.78 is 23.8. The lowest BCUT2D eigenvalue weighted by Crippen LogP contribution is -2.41. The van der Waals surface area contributed by atoms with Crippen molar-refractivity contribution in [3.8, 4) is 0 Å². The van der Waals surface area contributed by atoms with Crippen LogP contribution in [0.1, 0.15) is 48.5 Å². The summed E-state index contributed by atoms with van der Waals surface area (Å²) in [7, 11) is -2.98. The summed E-state index contributed by atoms with van der Waals surface area (Å²) >= 11 is 0. The highest BCUT2D eigenvalue weighted by atomic mass is 31.2. The van der Waals surface area contributed by atoms with Gasteiger partial charge in [0.05, 0.1) is 6.16 Å². The molecule has 1 saturated heterocycles. The Bertz CT molecular complexity index is 342. The molecule has 0 aromatic heterocycles. The van der Waals surface area contributed by atoms with Gasteiger partial charge in [-0.3, -0.25) is 13.6 Å². The van der Waals surface area contributed by atoms with E-state index in [1.807, 2.05) is 48.5 Å². The van der Waals surface area contributed by atoms with Gasteiger partial charge in [0, 0.05) is 0 Å². The van der Waals surface area contributed by atoms with Gasteiger partial charge in [0.25, 0.3) is 0 Å². The minimum Gasteiger partial charge on any atom is -0.299 e. The molecule has 0 N–H and O–H groups in total. The molecule has 0 bridgehead atoms. The van der Waals surface area contributed by atoms with E-state index in [0.717, 1.165) is 5.57 Å². The summed E-state index contributed by atoms with van der Waals surface area (Å²) in [4.78, 5) is 0. The maximum atomic E-state index is 12.5. The van der Waals surface area contributed by atoms with E-state index in [4.69, 9.17) is 9.05 Å². The number of hydrogen-bond acceptors (Lipinski definition) is 3. The molecule has 4 heteroatoms. The molecule has 1 heterocycles. The molecule has 1 fully saturated rings. The van der Waals surface area contributed by atoms with Crippen molar-refractivity contribution < 1.29 is 13.6 Å². The van der Waals surface area contributed by atoms with Crippen molar-refractivity contribution in [3.63, 3.8) is 0 Å². The first kappa shape index (κ1) is 14.0. The zero-order valence-corrected chi connectivity index (χ0v) is 12.3. The van der Waals surface area contributed by atoms with Crippen LogP contribution in [0.5, 0.6) is 0 Å². The van der Waals surface area contributed by atoms with Gasteiger partial charge in [-0.1, -0.05) is 11.1 Å². The van der Waals surface area contributed by atoms with Gasteiger partial charge in [0.15, 0.2) is 0 Å². The smallest absolute Gasteiger partial charge is 0.299 e. The Morgan fingerprint density at radius 3 is 1.69 bits per heavy atom. The lowest BCUT2D eigenvalue weighted by molar-refractivity contribution is 0.00578. The normalized spacial score (nSPS) is 25.4. The Hall–Kier alpha value is -0.110. The summed E-state index contributed by atoms with van der Waals surface area (Å²) in [6.07, 6.45) is 0.391. The fourth-order valence-corrected chi connectivity index (χ4v) is 4.34. The molecule has 0 radical (unpaired) electrons. The third-order valence-corrected chi connectivity index (χ3v) is 5.80. The van der Waals surface area contributed by atoms with Crippen LogP contribution in [0, 0.1) is 0 Å². The Morgan fingerprint density at radius 2 is 1.38 bits per heavy atom. The molecule has 94 valence electrons. The van der Waals surface area contributed by atoms with E-state index in [1.165, 1.54) is 5.57 Å². The van der Waals surface area contributed by atoms with Gasteiger partial charge in [-0.15, -0.1) is 0 Å². The van der Waals surface area contributed by atoms with Crippen LogP contribution in [0.25, 0.3) is 0 Å². The first-order valence-corrected chi connectivity index (χ1v) is 7.35. The second-order valence-electron chi connectivity index (χ2n) is 5.75. The Balaban J connectivity index is 2.94. The van der Waals surface area contributed by atoms with Crippen LogP contribution >= 0.6 is 7.60 Å². The number of allylic oxidation sites excluding steroid dienone is 2. The minimum absolute atomic E-state index is 0.391. The second-order valence-corrected chi connectivity index (χ2v) is 7.66. The molecule has 3 nitrogen and oxygen atoms in total. The molecular formula is C12H23O3P. The lowest BCUT2D eigenvalue weighted by Gasteiger charge is -2.29. The zero-order valence-electron chi connectivity index (χ0n) is 11.4. The topological polar surface area (TPSA) is 35.5 Å². The summed E-state index contributed by atoms with van der Waals surface area (Å²) in [5.41, 5.74) is 1.23. The molecule has 0 spiro atoms. The highest BCUT2D eigenvalue weighted by Gasteiger charge is 2.55. The summed E-state index contributed by atoms with van der Waals surface area (Å²) in [6.45, 7) is 13.7. The van der Waals surface area contributed by atoms with Crippen molar-refractivity contribution in [3.05, 3.63) is 11.1 Å². The fourth-order valence-electron chi connectivity index (χ4n) is 1.45. The van der Waals surface area contributed by atoms with Crippen LogP contribution < -0.4 is 0 Å². The van der Waals surface area contributed by atoms with Crippen molar-refractivity contribution in [1.29, 1.82) is 0 Å². The van der Waals surface area contributed by atoms with Crippen LogP contribution in [0.4, 0.5) is 0 Å². The van der Waals surface area contributed by atoms with Crippen LogP contribution in [0.15, 0.2) is 11.1 Å². The van der Waals surface area contributed by atoms with E-state index in [2.05, 4.69) is 0 Å². The fraction of sp³-hybridized carbons (Fsp3) is 0.833. The Kier molecular flexibility index (Phi) is 3.46. The number of rotatable bonds is 2. The predicted octanol–water partition coefficient (Wildman–Crippen LogP) is 4.14. The second kappa shape index (κ2) is 3.97. The third kappa shape index (κ3) is 2.58. The zero-order chi connectivity index (χ0) is 12.8. The lowest BCUT2D eigenvalue weighted by atomic mass is 9.90. The van der Waals surface area contributed by atoms with Gasteiger partial charge in [-0.2, -0.15) is 0 Å². The molecule has 0 amide bonds. The maximum Gasteiger partial charge on any atom is 0.335 e. The Labute approximate surface area is 98.7 Å². The van der Waals surface area contributed by atoms with Crippen LogP contribution in [0.3, 0.4) is 0 Å². The van der Waals surface area contributed by atoms with Crippen molar-refractivity contribution in [1.82, 2.24) is 0 Å². The molecule has 16 heavy (non-hydrogen) atoms. The molecule has 1 aliphatic rings. The largest absolute Gasteiger partial charge is 0.335 e. The molecule has 1 aliphatic heterocycles. The van der Waals surface area contributed by atoms with Gasteiger partial charge in [0.2, 0.25) is 0 Å². The SMILES string of the molecule is CC(C)=C(C)CP1(=O)OC(C)(C)C(C)(C)O1. The quantitative estimate of drug-likeness (QED) is 0.542. The maximum absolute atomic E-state index is 12.5. The van der Waals surface area contributed by atoms with Gasteiger partial charge in [-0.05, 0) is 48.5 Å². The average Bonchev–Trinajstić information content (AvgIpc) is 2.14. The van der Waals surface area contributed by atoms with Crippen LogP contribution in [-0.4, -0.2) is 17.4 Å². The highest BCUT2D eigenvalue weighted by Crippen LogP contribution is 2.64. The van der Waals surface area contributed by atoms with Crippen molar-refractivity contribution in [2.24, 2.45) is 0 Å². The van der Waals surface area contributed by atoms with Crippen LogP contribution in [-0.2, 0) is 13.6 Å². The predicted molar refractivity (Wildman–Crippen MR) is 66.8 cm³/mol. The molecular weight excluding hydrogens is 223 g/mol. The van der Waals surface area contributed by atoms with E-state index in [-0.39, 0.29) is 0 Å². The Morgan fingerprint density at radius 1 is 1.00 bits per heavy atom. The average molecular weight is 246 g/mol. The van der Waals surface area contributed by atoms with E-state index in [1.54, 1.807) is 0 Å². The molecule has 0 atom stereocenters. The van der Waals surface area contributed by atoms with Gasteiger partial charge < -0.3 is 0 Å². The summed E-state index contributed by atoms with van der Waals surface area (Å²) in [5.74, 6) is 0. The molecule has 0 aliphatic carbocycles. The molecule has 1 rings (SSSR count). The standard InChI is InChI=1S/C12H23O3P/c1-9(2)10(3)8-16(13)14-11(4,5)12(6,7)15-16/h8H2,1-7H3. The van der Waals surface area contributed by atoms with Crippen LogP contribution in [0.2, 0.25) is 0 Å². The van der Waals surface area contributed by atoms with Crippen molar-refractivity contribution >= 4 is 7.60 Å². The monoisotopic (exact) mass is 246 g/mol. The highest BCUT2D eigenvalue weighted by molar-refractivity contribution is 7.54. The van der Waals surface area contributed by atoms with Gasteiger partial charge in [0.1, 0.15) is 11.2 Å². The third-order valence-electron chi connectivity index (χ3n) is 3.47. The molecule has 0 aromatic rings.